The van der Waals surface area contributed by atoms with Gasteiger partial charge >= 0.3 is 41.7 Å². The number of hydrogen-bond donors (Lipinski definition) is 8. The van der Waals surface area contributed by atoms with Crippen LogP contribution in [0.5, 0.6) is 0 Å². The van der Waals surface area contributed by atoms with Crippen molar-refractivity contribution >= 4 is 41.6 Å². The van der Waals surface area contributed by atoms with Crippen molar-refractivity contribution in [2.45, 2.75) is 0 Å². The Hall–Kier alpha value is 0.537. The normalized spacial score (nSPS) is 8.00. The first kappa shape index (κ1) is 88.0. The molecule has 0 aliphatic rings. The fourth-order valence-corrected chi connectivity index (χ4v) is 0. The van der Waals surface area contributed by atoms with Gasteiger partial charge in [0.1, 0.15) is 0 Å². The maximum Gasteiger partial charge on any atom is 4.00 e. The van der Waals surface area contributed by atoms with E-state index in [1.54, 1.807) is 0 Å². The largest absolute Gasteiger partial charge is 4.00 e. The first-order valence-corrected chi connectivity index (χ1v) is 8.19. The van der Waals surface area contributed by atoms with Crippen LogP contribution in [0.1, 0.15) is 0 Å². The fourth-order valence-electron chi connectivity index (χ4n) is 0. The van der Waals surface area contributed by atoms with Gasteiger partial charge in [0.25, 0.3) is 0 Å². The topological polar surface area (TPSA) is 576 Å². The summed E-state index contributed by atoms with van der Waals surface area (Å²) >= 11 is 0. The van der Waals surface area contributed by atoms with Crippen molar-refractivity contribution in [3.05, 3.63) is 0 Å². The van der Waals surface area contributed by atoms with Crippen LogP contribution in [0.25, 0.3) is 0 Å². The van der Waals surface area contributed by atoms with Crippen LogP contribution < -0.4 is 24.6 Å². The smallest absolute Gasteiger partial charge is 0.726 e. The third kappa shape index (κ3) is 69800. The molecule has 0 aromatic carbocycles. The molecular weight excluding hydrogens is 644 g/mol. The van der Waals surface area contributed by atoms with Crippen LogP contribution >= 0.6 is 0 Å². The Morgan fingerprint density at radius 3 is 0.379 bits per heavy atom. The number of hydrogen-bond acceptors (Lipinski definition) is 16. The van der Waals surface area contributed by atoms with Crippen molar-refractivity contribution in [2.24, 2.45) is 0 Å². The fraction of sp³-hybridized carbons (Fsp3) is 0. The molecule has 0 radical (unpaired) electrons. The van der Waals surface area contributed by atoms with E-state index in [1.807, 2.05) is 0 Å². The standard InChI is InChI=1S/Ce.4H3N.4H2O4S.4H2O/c;;;;;4*1-5(2,3)4;;;;/h;4*1H3;4*(H2,1,2,3,4);4*1H2/q+4;;;;;;;;;;;;/p-4. The van der Waals surface area contributed by atoms with E-state index in [2.05, 4.69) is 0 Å². The summed E-state index contributed by atoms with van der Waals surface area (Å²) in [7, 11) is -19.7. The van der Waals surface area contributed by atoms with Crippen molar-refractivity contribution in [3.63, 3.8) is 0 Å². The molecule has 24 nitrogen and oxygen atoms in total. The van der Waals surface area contributed by atoms with E-state index in [4.69, 9.17) is 70.1 Å². The minimum Gasteiger partial charge on any atom is -0.726 e. The van der Waals surface area contributed by atoms with Gasteiger partial charge in [-0.3, -0.25) is 18.2 Å². The van der Waals surface area contributed by atoms with E-state index in [-0.39, 0.29) is 88.3 Å². The molecule has 0 spiro atoms. The van der Waals surface area contributed by atoms with Gasteiger partial charge in [-0.05, 0) is 0 Å². The summed E-state index contributed by atoms with van der Waals surface area (Å²) < 4.78 is 131. The Balaban J connectivity index is -0.00000000970. The molecule has 24 N–H and O–H groups in total. The minimum absolute atomic E-state index is 0. The van der Waals surface area contributed by atoms with E-state index >= 15 is 0 Å². The molecule has 29 heavy (non-hydrogen) atoms. The van der Waals surface area contributed by atoms with Gasteiger partial charge in [0.15, 0.2) is 0 Å². The van der Waals surface area contributed by atoms with Crippen LogP contribution in [0.3, 0.4) is 0 Å². The van der Waals surface area contributed by atoms with Crippen LogP contribution in [0.2, 0.25) is 0 Å². The molecule has 192 valence electrons. The van der Waals surface area contributed by atoms with Gasteiger partial charge in [0.2, 0.25) is 41.6 Å². The Labute approximate surface area is 198 Å². The van der Waals surface area contributed by atoms with Crippen molar-refractivity contribution < 1.29 is 134 Å². The van der Waals surface area contributed by atoms with Crippen LogP contribution in [-0.2, 0) is 41.6 Å². The molecule has 0 heterocycles. The summed E-state index contributed by atoms with van der Waals surface area (Å²) in [5.74, 6) is 0. The average molecular weight is 669 g/mol. The SMILES string of the molecule is N.N.N.N.O.O.O.O.O=S(=O)([O-])O.O=S(=O)([O-])O.O=S(=O)([O-])O.O=S(=O)([O-])O.[Ce+4]. The zero-order valence-corrected chi connectivity index (χ0v) is 20.1. The molecule has 0 aromatic heterocycles. The summed E-state index contributed by atoms with van der Waals surface area (Å²) in [5.41, 5.74) is 0. The first-order valence-electron chi connectivity index (χ1n) is 2.73. The van der Waals surface area contributed by atoms with E-state index in [9.17, 15) is 0 Å². The predicted octanol–water partition coefficient (Wildman–Crippen LogP) is -6.63. The maximum absolute atomic E-state index is 8.63. The molecule has 0 amide bonds. The van der Waals surface area contributed by atoms with Crippen molar-refractivity contribution in [2.75, 3.05) is 0 Å². The minimum atomic E-state index is -4.92. The summed E-state index contributed by atoms with van der Waals surface area (Å²) in [6.45, 7) is 0. The van der Waals surface area contributed by atoms with Crippen LogP contribution in [0.15, 0.2) is 0 Å². The van der Waals surface area contributed by atoms with Gasteiger partial charge in [-0.1, -0.05) is 0 Å². The molecule has 0 aliphatic heterocycles. The Morgan fingerprint density at radius 1 is 0.379 bits per heavy atom. The van der Waals surface area contributed by atoms with Crippen molar-refractivity contribution in [1.29, 1.82) is 0 Å². The van der Waals surface area contributed by atoms with Gasteiger partial charge in [-0.2, -0.15) is 0 Å². The first-order chi connectivity index (χ1) is 8.00. The van der Waals surface area contributed by atoms with Gasteiger partial charge in [0, 0.05) is 0 Å². The van der Waals surface area contributed by atoms with Crippen LogP contribution in [-0.4, -0.2) is 92.0 Å². The molecule has 0 aromatic rings. The Morgan fingerprint density at radius 2 is 0.379 bits per heavy atom. The molecule has 0 aliphatic carbocycles. The molecule has 0 bridgehead atoms. The van der Waals surface area contributed by atoms with Crippen LogP contribution in [0.4, 0.5) is 0 Å². The summed E-state index contributed by atoms with van der Waals surface area (Å²) in [6, 6.07) is 0. The van der Waals surface area contributed by atoms with E-state index in [0.29, 0.717) is 0 Å². The third-order valence-corrected chi connectivity index (χ3v) is 0. The summed E-state index contributed by atoms with van der Waals surface area (Å²) in [6.07, 6.45) is 0. The maximum atomic E-state index is 8.63. The van der Waals surface area contributed by atoms with Gasteiger partial charge in [0.05, 0.1) is 0 Å². The zero-order chi connectivity index (χ0) is 18.0. The average Bonchev–Trinajstić information content (AvgIpc) is 1.62. The van der Waals surface area contributed by atoms with E-state index in [0.717, 1.165) is 0 Å². The molecule has 0 fully saturated rings. The molecule has 0 unspecified atom stereocenters. The van der Waals surface area contributed by atoms with E-state index < -0.39 is 41.6 Å². The second-order valence-electron chi connectivity index (χ2n) is 1.71. The summed E-state index contributed by atoms with van der Waals surface area (Å²) in [4.78, 5) is 0. The summed E-state index contributed by atoms with van der Waals surface area (Å²) in [5, 5.41) is 0. The van der Waals surface area contributed by atoms with Crippen molar-refractivity contribution in [1.82, 2.24) is 24.6 Å². The van der Waals surface area contributed by atoms with Crippen molar-refractivity contribution in [3.8, 4) is 0 Å². The Bertz CT molecular complexity index is 491. The molecular formula is H24CeN4O20S4. The quantitative estimate of drug-likeness (QED) is 0.0877. The second-order valence-corrected chi connectivity index (χ2v) is 5.13. The monoisotopic (exact) mass is 668 g/mol. The van der Waals surface area contributed by atoms with Gasteiger partial charge < -0.3 is 64.7 Å². The number of rotatable bonds is 0. The Kier molecular flexibility index (Phi) is 109. The van der Waals surface area contributed by atoms with Gasteiger partial charge in [-0.25, -0.2) is 33.7 Å². The molecule has 0 saturated heterocycles. The third-order valence-electron chi connectivity index (χ3n) is 0. The second kappa shape index (κ2) is 35.9. The molecule has 0 rings (SSSR count). The predicted molar refractivity (Wildman–Crippen MR) is 83.8 cm³/mol. The zero-order valence-electron chi connectivity index (χ0n) is 13.6. The van der Waals surface area contributed by atoms with E-state index in [1.165, 1.54) is 0 Å². The molecule has 0 atom stereocenters. The van der Waals surface area contributed by atoms with Gasteiger partial charge in [-0.15, -0.1) is 0 Å². The molecule has 29 heteroatoms. The molecule has 0 saturated carbocycles. The van der Waals surface area contributed by atoms with Crippen LogP contribution in [0, 0.1) is 41.7 Å².